The summed E-state index contributed by atoms with van der Waals surface area (Å²) in [6.45, 7) is 4.90. The molecule has 1 saturated heterocycles. The summed E-state index contributed by atoms with van der Waals surface area (Å²) in [5, 5.41) is 7.33. The minimum absolute atomic E-state index is 0.0637. The van der Waals surface area contributed by atoms with Crippen molar-refractivity contribution in [2.24, 2.45) is 0 Å². The first-order chi connectivity index (χ1) is 15.0. The van der Waals surface area contributed by atoms with E-state index < -0.39 is 0 Å². The van der Waals surface area contributed by atoms with Gasteiger partial charge in [0.1, 0.15) is 0 Å². The maximum Gasteiger partial charge on any atom is 0.227 e. The minimum Gasteiger partial charge on any atom is -0.352 e. The zero-order valence-electron chi connectivity index (χ0n) is 17.9. The van der Waals surface area contributed by atoms with E-state index in [0.717, 1.165) is 41.0 Å². The molecule has 5 heteroatoms. The first-order valence-electron chi connectivity index (χ1n) is 10.6. The van der Waals surface area contributed by atoms with Crippen molar-refractivity contribution in [1.29, 1.82) is 0 Å². The van der Waals surface area contributed by atoms with Gasteiger partial charge in [-0.25, -0.2) is 0 Å². The smallest absolute Gasteiger partial charge is 0.227 e. The fourth-order valence-electron chi connectivity index (χ4n) is 4.03. The minimum atomic E-state index is -0.0637. The number of benzene rings is 3. The summed E-state index contributed by atoms with van der Waals surface area (Å²) in [6.07, 6.45) is 1.53. The first kappa shape index (κ1) is 21.1. The van der Waals surface area contributed by atoms with Gasteiger partial charge in [0.2, 0.25) is 5.91 Å². The first-order valence-corrected chi connectivity index (χ1v) is 11.0. The number of nitrogens with zero attached hydrogens (tertiary/aromatic N) is 1. The average molecular weight is 430 g/mol. The van der Waals surface area contributed by atoms with Crippen LogP contribution >= 0.6 is 12.2 Å². The molecule has 0 saturated carbocycles. The topological polar surface area (TPSA) is 44.4 Å². The van der Waals surface area contributed by atoms with E-state index in [0.29, 0.717) is 11.5 Å². The molecule has 2 N–H and O–H groups in total. The van der Waals surface area contributed by atoms with E-state index in [-0.39, 0.29) is 11.9 Å². The Morgan fingerprint density at radius 1 is 0.968 bits per heavy atom. The van der Waals surface area contributed by atoms with Crippen molar-refractivity contribution in [1.82, 2.24) is 5.32 Å². The molecule has 0 radical (unpaired) electrons. The van der Waals surface area contributed by atoms with Gasteiger partial charge in [-0.05, 0) is 61.3 Å². The lowest BCUT2D eigenvalue weighted by Gasteiger charge is -2.23. The summed E-state index contributed by atoms with van der Waals surface area (Å²) in [6, 6.07) is 24.7. The number of rotatable bonds is 5. The number of amides is 1. The van der Waals surface area contributed by atoms with Crippen molar-refractivity contribution in [2.75, 3.05) is 16.8 Å². The Morgan fingerprint density at radius 3 is 2.45 bits per heavy atom. The van der Waals surface area contributed by atoms with Crippen LogP contribution in [-0.4, -0.2) is 17.6 Å². The van der Waals surface area contributed by atoms with E-state index in [1.165, 1.54) is 5.56 Å². The quantitative estimate of drug-likeness (QED) is 0.525. The van der Waals surface area contributed by atoms with Gasteiger partial charge in [-0.2, -0.15) is 0 Å². The highest BCUT2D eigenvalue weighted by atomic mass is 32.1. The Labute approximate surface area is 189 Å². The monoisotopic (exact) mass is 429 g/mol. The van der Waals surface area contributed by atoms with Crippen molar-refractivity contribution in [3.63, 3.8) is 0 Å². The van der Waals surface area contributed by atoms with Gasteiger partial charge in [0, 0.05) is 24.3 Å². The molecule has 1 amide bonds. The Kier molecular flexibility index (Phi) is 6.33. The Morgan fingerprint density at radius 2 is 1.74 bits per heavy atom. The van der Waals surface area contributed by atoms with Gasteiger partial charge >= 0.3 is 0 Å². The highest BCUT2D eigenvalue weighted by Gasteiger charge is 2.23. The molecule has 0 aromatic heterocycles. The molecule has 1 aliphatic rings. The number of aryl methyl sites for hydroxylation is 2. The molecule has 3 aromatic rings. The molecule has 1 fully saturated rings. The maximum atomic E-state index is 12.2. The van der Waals surface area contributed by atoms with E-state index in [4.69, 9.17) is 12.2 Å². The molecule has 3 aromatic carbocycles. The predicted molar refractivity (Wildman–Crippen MR) is 132 cm³/mol. The van der Waals surface area contributed by atoms with E-state index >= 15 is 0 Å². The number of anilines is 2. The number of hydrogen-bond donors (Lipinski definition) is 2. The van der Waals surface area contributed by atoms with Crippen molar-refractivity contribution in [3.8, 4) is 0 Å². The highest BCUT2D eigenvalue weighted by Crippen LogP contribution is 2.28. The van der Waals surface area contributed by atoms with E-state index in [9.17, 15) is 4.79 Å². The van der Waals surface area contributed by atoms with Gasteiger partial charge < -0.3 is 15.5 Å². The van der Waals surface area contributed by atoms with Crippen LogP contribution in [0.25, 0.3) is 0 Å². The molecule has 0 unspecified atom stereocenters. The average Bonchev–Trinajstić information content (AvgIpc) is 3.19. The van der Waals surface area contributed by atoms with Crippen LogP contribution in [-0.2, 0) is 4.79 Å². The molecule has 158 valence electrons. The van der Waals surface area contributed by atoms with Gasteiger partial charge in [-0.1, -0.05) is 66.2 Å². The summed E-state index contributed by atoms with van der Waals surface area (Å²) in [4.78, 5) is 14.1. The van der Waals surface area contributed by atoms with E-state index in [1.807, 2.05) is 48.2 Å². The normalized spacial score (nSPS) is 14.4. The van der Waals surface area contributed by atoms with Crippen LogP contribution in [0.4, 0.5) is 11.4 Å². The molecule has 0 spiro atoms. The Balaban J connectivity index is 1.55. The fourth-order valence-corrected chi connectivity index (χ4v) is 4.27. The fraction of sp³-hybridized carbons (Fsp3) is 0.231. The van der Waals surface area contributed by atoms with Gasteiger partial charge in [0.05, 0.1) is 6.04 Å². The molecule has 0 aliphatic carbocycles. The summed E-state index contributed by atoms with van der Waals surface area (Å²) in [5.74, 6) is 0.185. The van der Waals surface area contributed by atoms with E-state index in [2.05, 4.69) is 54.0 Å². The zero-order chi connectivity index (χ0) is 21.8. The second-order valence-electron chi connectivity index (χ2n) is 8.01. The number of carbonyl (C=O) groups excluding carboxylic acids is 1. The number of thiocarbonyl (C=S) groups is 1. The van der Waals surface area contributed by atoms with Gasteiger partial charge in [-0.15, -0.1) is 0 Å². The second kappa shape index (κ2) is 9.31. The van der Waals surface area contributed by atoms with Crippen LogP contribution in [0.15, 0.2) is 72.8 Å². The van der Waals surface area contributed by atoms with Crippen molar-refractivity contribution in [2.45, 2.75) is 32.7 Å². The number of carbonyl (C=O) groups is 1. The standard InChI is InChI=1S/C26H27N3OS/c1-18-8-6-11-21(16-18)25(20-9-4-3-5-10-20)28-26(31)27-22-14-13-19(2)23(17-22)29-15-7-12-24(29)30/h3-6,8-11,13-14,16-17,25H,7,12,15H2,1-2H3,(H2,27,28,31)/t25-/m1/s1. The third-order valence-electron chi connectivity index (χ3n) is 5.62. The molecule has 31 heavy (non-hydrogen) atoms. The van der Waals surface area contributed by atoms with Gasteiger partial charge in [0.25, 0.3) is 0 Å². The summed E-state index contributed by atoms with van der Waals surface area (Å²) in [7, 11) is 0. The molecule has 1 heterocycles. The lowest BCUT2D eigenvalue weighted by atomic mass is 9.97. The molecule has 4 nitrogen and oxygen atoms in total. The Bertz CT molecular complexity index is 1100. The third kappa shape index (κ3) is 4.94. The maximum absolute atomic E-state index is 12.2. The van der Waals surface area contributed by atoms with Crippen LogP contribution in [0.3, 0.4) is 0 Å². The molecule has 0 bridgehead atoms. The van der Waals surface area contributed by atoms with Crippen molar-refractivity contribution < 1.29 is 4.79 Å². The lowest BCUT2D eigenvalue weighted by Crippen LogP contribution is -2.33. The predicted octanol–water partition coefficient (Wildman–Crippen LogP) is 5.51. The number of hydrogen-bond acceptors (Lipinski definition) is 2. The van der Waals surface area contributed by atoms with Crippen LogP contribution in [0.2, 0.25) is 0 Å². The van der Waals surface area contributed by atoms with Gasteiger partial charge in [-0.3, -0.25) is 4.79 Å². The van der Waals surface area contributed by atoms with Crippen molar-refractivity contribution in [3.05, 3.63) is 95.1 Å². The molecular formula is C26H27N3OS. The lowest BCUT2D eigenvalue weighted by molar-refractivity contribution is -0.117. The van der Waals surface area contributed by atoms with Crippen LogP contribution in [0, 0.1) is 13.8 Å². The second-order valence-corrected chi connectivity index (χ2v) is 8.41. The van der Waals surface area contributed by atoms with Crippen LogP contribution < -0.4 is 15.5 Å². The van der Waals surface area contributed by atoms with Gasteiger partial charge in [0.15, 0.2) is 5.11 Å². The van der Waals surface area contributed by atoms with E-state index in [1.54, 1.807) is 0 Å². The zero-order valence-corrected chi connectivity index (χ0v) is 18.7. The van der Waals surface area contributed by atoms with Crippen LogP contribution in [0.5, 0.6) is 0 Å². The summed E-state index contributed by atoms with van der Waals surface area (Å²) < 4.78 is 0. The molecular weight excluding hydrogens is 402 g/mol. The Hall–Kier alpha value is -3.18. The van der Waals surface area contributed by atoms with Crippen LogP contribution in [0.1, 0.15) is 41.1 Å². The number of nitrogens with one attached hydrogen (secondary N) is 2. The highest BCUT2D eigenvalue weighted by molar-refractivity contribution is 7.80. The molecule has 1 aliphatic heterocycles. The summed E-state index contributed by atoms with van der Waals surface area (Å²) in [5.41, 5.74) is 6.41. The molecule has 1 atom stereocenters. The summed E-state index contributed by atoms with van der Waals surface area (Å²) >= 11 is 5.68. The largest absolute Gasteiger partial charge is 0.352 e. The molecule has 4 rings (SSSR count). The SMILES string of the molecule is Cc1cccc([C@H](NC(=S)Nc2ccc(C)c(N3CCCC3=O)c2)c2ccccc2)c1. The van der Waals surface area contributed by atoms with Crippen molar-refractivity contribution >= 4 is 34.6 Å². The third-order valence-corrected chi connectivity index (χ3v) is 5.83.